The van der Waals surface area contributed by atoms with Crippen LogP contribution in [0.15, 0.2) is 121 Å². The van der Waals surface area contributed by atoms with Gasteiger partial charge in [0.25, 0.3) is 0 Å². The Morgan fingerprint density at radius 3 is 1.87 bits per heavy atom. The highest BCUT2D eigenvalue weighted by molar-refractivity contribution is 6.30. The fourth-order valence-electron chi connectivity index (χ4n) is 6.10. The molecule has 1 aliphatic heterocycles. The number of benzene rings is 5. The molecule has 11 heteroatoms. The monoisotopic (exact) mass is 769 g/mol. The zero-order valence-electron chi connectivity index (χ0n) is 30.8. The molecule has 5 aromatic carbocycles. The van der Waals surface area contributed by atoms with Crippen molar-refractivity contribution in [1.29, 1.82) is 0 Å². The molecule has 0 radical (unpaired) electrons. The second kappa shape index (κ2) is 17.7. The Kier molecular flexibility index (Phi) is 13.1. The molecule has 8 nitrogen and oxygen atoms in total. The van der Waals surface area contributed by atoms with Gasteiger partial charge in [0.15, 0.2) is 11.4 Å². The van der Waals surface area contributed by atoms with E-state index in [4.69, 9.17) is 21.1 Å². The van der Waals surface area contributed by atoms with Crippen LogP contribution in [0.4, 0.5) is 14.5 Å². The number of phenols is 1. The third-order valence-electron chi connectivity index (χ3n) is 8.99. The van der Waals surface area contributed by atoms with Crippen LogP contribution < -0.4 is 9.64 Å². The summed E-state index contributed by atoms with van der Waals surface area (Å²) >= 11 is 5.84. The first kappa shape index (κ1) is 40.6. The molecule has 1 heterocycles. The lowest BCUT2D eigenvalue weighted by molar-refractivity contribution is -0.163. The SMILES string of the molecule is CC(C)OC(=O)C(C)(C)Oc1ccc(C(=O)c2ccc(Cl)cc2)cc1.O=C1[C@H](CC[C@H](O)c2ccc(F)cc2)[C@@H](c2ccc(O)cc2)N1c1ccc(F)cc1. The van der Waals surface area contributed by atoms with Crippen molar-refractivity contribution in [2.45, 2.75) is 64.4 Å². The smallest absolute Gasteiger partial charge is 0.350 e. The van der Waals surface area contributed by atoms with E-state index >= 15 is 0 Å². The highest BCUT2D eigenvalue weighted by Crippen LogP contribution is 2.46. The molecule has 6 rings (SSSR count). The molecular weight excluding hydrogens is 728 g/mol. The molecule has 1 aliphatic rings. The summed E-state index contributed by atoms with van der Waals surface area (Å²) in [5, 5.41) is 20.6. The number of rotatable bonds is 12. The summed E-state index contributed by atoms with van der Waals surface area (Å²) in [6, 6.07) is 31.1. The van der Waals surface area contributed by atoms with Crippen LogP contribution in [0.3, 0.4) is 0 Å². The number of halogens is 3. The van der Waals surface area contributed by atoms with Crippen molar-refractivity contribution in [1.82, 2.24) is 0 Å². The number of aromatic hydroxyl groups is 1. The van der Waals surface area contributed by atoms with Gasteiger partial charge in [-0.3, -0.25) is 9.59 Å². The van der Waals surface area contributed by atoms with Crippen molar-refractivity contribution in [2.24, 2.45) is 5.92 Å². The zero-order chi connectivity index (χ0) is 39.9. The van der Waals surface area contributed by atoms with Gasteiger partial charge >= 0.3 is 5.97 Å². The van der Waals surface area contributed by atoms with Crippen molar-refractivity contribution in [3.8, 4) is 11.5 Å². The predicted molar refractivity (Wildman–Crippen MR) is 206 cm³/mol. The van der Waals surface area contributed by atoms with Crippen molar-refractivity contribution in [2.75, 3.05) is 4.90 Å². The van der Waals surface area contributed by atoms with Crippen molar-refractivity contribution >= 4 is 34.9 Å². The van der Waals surface area contributed by atoms with E-state index in [2.05, 4.69) is 0 Å². The van der Waals surface area contributed by atoms with E-state index < -0.39 is 17.7 Å². The molecule has 1 saturated heterocycles. The maximum Gasteiger partial charge on any atom is 0.350 e. The largest absolute Gasteiger partial charge is 0.508 e. The average molecular weight is 770 g/mol. The average Bonchev–Trinajstić information content (AvgIpc) is 3.15. The lowest BCUT2D eigenvalue weighted by atomic mass is 9.78. The number of hydrogen-bond donors (Lipinski definition) is 2. The maximum atomic E-state index is 13.3. The van der Waals surface area contributed by atoms with Gasteiger partial charge in [-0.1, -0.05) is 35.9 Å². The molecule has 55 heavy (non-hydrogen) atoms. The molecule has 0 saturated carbocycles. The van der Waals surface area contributed by atoms with Crippen LogP contribution in [0.25, 0.3) is 0 Å². The van der Waals surface area contributed by atoms with Gasteiger partial charge in [0.1, 0.15) is 23.1 Å². The molecule has 0 unspecified atom stereocenters. The van der Waals surface area contributed by atoms with E-state index in [1.54, 1.807) is 118 Å². The molecule has 0 aromatic heterocycles. The van der Waals surface area contributed by atoms with Crippen LogP contribution in [-0.4, -0.2) is 39.6 Å². The number of aliphatic hydroxyl groups excluding tert-OH is 1. The quantitative estimate of drug-likeness (QED) is 0.0738. The number of ketones is 1. The summed E-state index contributed by atoms with van der Waals surface area (Å²) in [5.74, 6) is -1.17. The van der Waals surface area contributed by atoms with E-state index in [1.807, 2.05) is 0 Å². The number of anilines is 1. The second-order valence-electron chi connectivity index (χ2n) is 13.9. The van der Waals surface area contributed by atoms with Gasteiger partial charge in [0.05, 0.1) is 24.2 Å². The molecule has 1 fully saturated rings. The Morgan fingerprint density at radius 1 is 0.800 bits per heavy atom. The van der Waals surface area contributed by atoms with Gasteiger partial charge in [0, 0.05) is 21.8 Å². The number of carbonyl (C=O) groups is 3. The number of ether oxygens (including phenoxy) is 2. The molecular formula is C44H42ClF2NO7. The Labute approximate surface area is 323 Å². The first-order valence-electron chi connectivity index (χ1n) is 17.7. The van der Waals surface area contributed by atoms with E-state index in [1.165, 1.54) is 36.4 Å². The van der Waals surface area contributed by atoms with Gasteiger partial charge in [-0.05, 0) is 149 Å². The van der Waals surface area contributed by atoms with Crippen molar-refractivity contribution in [3.63, 3.8) is 0 Å². The molecule has 5 aromatic rings. The summed E-state index contributed by atoms with van der Waals surface area (Å²) in [6.45, 7) is 6.85. The summed E-state index contributed by atoms with van der Waals surface area (Å²) in [4.78, 5) is 39.0. The zero-order valence-corrected chi connectivity index (χ0v) is 31.5. The van der Waals surface area contributed by atoms with E-state index in [0.29, 0.717) is 46.0 Å². The van der Waals surface area contributed by atoms with Crippen LogP contribution in [0.1, 0.15) is 79.7 Å². The Bertz CT molecular complexity index is 2070. The molecule has 1 amide bonds. The molecule has 286 valence electrons. The third kappa shape index (κ3) is 10.3. The number of carbonyl (C=O) groups excluding carboxylic acids is 3. The number of nitrogens with zero attached hydrogens (tertiary/aromatic N) is 1. The van der Waals surface area contributed by atoms with Gasteiger partial charge < -0.3 is 24.6 Å². The molecule has 0 bridgehead atoms. The highest BCUT2D eigenvalue weighted by Gasteiger charge is 2.48. The number of amides is 1. The Hall–Kier alpha value is -5.58. The topological polar surface area (TPSA) is 113 Å². The Balaban J connectivity index is 0.000000215. The second-order valence-corrected chi connectivity index (χ2v) is 14.3. The number of phenolic OH excluding ortho intramolecular Hbond substituents is 1. The molecule has 3 atom stereocenters. The minimum atomic E-state index is -1.12. The van der Waals surface area contributed by atoms with Crippen LogP contribution in [-0.2, 0) is 14.3 Å². The van der Waals surface area contributed by atoms with E-state index in [9.17, 15) is 33.4 Å². The number of aliphatic hydroxyl groups is 1. The van der Waals surface area contributed by atoms with Gasteiger partial charge in [-0.2, -0.15) is 0 Å². The first-order valence-corrected chi connectivity index (χ1v) is 18.1. The minimum Gasteiger partial charge on any atom is -0.508 e. The van der Waals surface area contributed by atoms with Crippen molar-refractivity contribution < 1.29 is 42.9 Å². The van der Waals surface area contributed by atoms with Crippen LogP contribution >= 0.6 is 11.6 Å². The Morgan fingerprint density at radius 2 is 1.33 bits per heavy atom. The fourth-order valence-corrected chi connectivity index (χ4v) is 6.22. The number of β-lactam (4-membered cyclic amide) rings is 1. The van der Waals surface area contributed by atoms with Crippen LogP contribution in [0.5, 0.6) is 11.5 Å². The lowest BCUT2D eigenvalue weighted by Gasteiger charge is -2.48. The molecule has 2 N–H and O–H groups in total. The third-order valence-corrected chi connectivity index (χ3v) is 9.24. The summed E-state index contributed by atoms with van der Waals surface area (Å²) in [7, 11) is 0. The van der Waals surface area contributed by atoms with Crippen molar-refractivity contribution in [3.05, 3.63) is 160 Å². The van der Waals surface area contributed by atoms with Gasteiger partial charge in [0.2, 0.25) is 5.91 Å². The fraction of sp³-hybridized carbons (Fsp3) is 0.250. The number of hydrogen-bond acceptors (Lipinski definition) is 7. The van der Waals surface area contributed by atoms with Gasteiger partial charge in [-0.15, -0.1) is 0 Å². The highest BCUT2D eigenvalue weighted by atomic mass is 35.5. The minimum absolute atomic E-state index is 0.106. The van der Waals surface area contributed by atoms with Crippen LogP contribution in [0, 0.1) is 17.6 Å². The van der Waals surface area contributed by atoms with Gasteiger partial charge in [-0.25, -0.2) is 13.6 Å². The van der Waals surface area contributed by atoms with E-state index in [0.717, 1.165) is 5.56 Å². The predicted octanol–water partition coefficient (Wildman–Crippen LogP) is 9.57. The maximum absolute atomic E-state index is 13.3. The summed E-state index contributed by atoms with van der Waals surface area (Å²) < 4.78 is 37.3. The normalized spacial score (nSPS) is 15.7. The molecule has 0 aliphatic carbocycles. The lowest BCUT2D eigenvalue weighted by Crippen LogP contribution is -2.55. The summed E-state index contributed by atoms with van der Waals surface area (Å²) in [6.07, 6.45) is -0.248. The van der Waals surface area contributed by atoms with Crippen LogP contribution in [0.2, 0.25) is 5.02 Å². The molecule has 0 spiro atoms. The first-order chi connectivity index (χ1) is 26.1. The standard InChI is InChI=1S/C24H21F2NO3.C20H21ClO4/c25-17-5-1-15(2-6-17)22(29)14-13-21-23(16-3-11-20(28)12-4-16)27(24(21)30)19-9-7-18(26)8-10-19;1-13(2)24-19(23)20(3,4)25-17-11-7-15(8-12-17)18(22)14-5-9-16(21)10-6-14/h1-12,21-23,28-29H,13-14H2;5-13H,1-4H3/t21-,22+,23-;/m1./s1. The summed E-state index contributed by atoms with van der Waals surface area (Å²) in [5.41, 5.74) is 2.00. The number of esters is 1. The van der Waals surface area contributed by atoms with E-state index in [-0.39, 0.29) is 47.1 Å².